The zero-order chi connectivity index (χ0) is 7.40. The maximum absolute atomic E-state index is 5.14. The molecule has 10 heavy (non-hydrogen) atoms. The van der Waals surface area contributed by atoms with E-state index in [2.05, 4.69) is 25.3 Å². The van der Waals surface area contributed by atoms with Crippen molar-refractivity contribution in [2.24, 2.45) is 0 Å². The SMILES string of the molecule is SC(S)Oc1ccccc1. The van der Waals surface area contributed by atoms with E-state index in [1.807, 2.05) is 30.3 Å². The standard InChI is InChI=1S/C7H8OS2/c9-7(10)8-6-4-2-1-3-5-6/h1-5,7,9-10H. The first-order valence-electron chi connectivity index (χ1n) is 2.87. The van der Waals surface area contributed by atoms with Crippen LogP contribution in [0.15, 0.2) is 30.3 Å². The van der Waals surface area contributed by atoms with Gasteiger partial charge in [0.25, 0.3) is 0 Å². The van der Waals surface area contributed by atoms with Crippen LogP contribution in [0.1, 0.15) is 0 Å². The summed E-state index contributed by atoms with van der Waals surface area (Å²) in [5.41, 5.74) is 0. The van der Waals surface area contributed by atoms with E-state index in [0.29, 0.717) is 0 Å². The van der Waals surface area contributed by atoms with Crippen LogP contribution in [0.5, 0.6) is 5.75 Å². The summed E-state index contributed by atoms with van der Waals surface area (Å²) in [5.74, 6) is 0.789. The van der Waals surface area contributed by atoms with Gasteiger partial charge in [-0.15, -0.1) is 25.3 Å². The van der Waals surface area contributed by atoms with Gasteiger partial charge in [-0.3, -0.25) is 0 Å². The molecule has 0 atom stereocenters. The summed E-state index contributed by atoms with van der Waals surface area (Å²) in [6.07, 6.45) is 0. The van der Waals surface area contributed by atoms with Crippen LogP contribution in [0.2, 0.25) is 0 Å². The van der Waals surface area contributed by atoms with E-state index >= 15 is 0 Å². The Labute approximate surface area is 71.2 Å². The van der Waals surface area contributed by atoms with Crippen molar-refractivity contribution in [1.82, 2.24) is 0 Å². The van der Waals surface area contributed by atoms with E-state index in [0.717, 1.165) is 5.75 Å². The van der Waals surface area contributed by atoms with Crippen molar-refractivity contribution in [2.45, 2.75) is 4.77 Å². The molecule has 0 radical (unpaired) electrons. The number of hydrogen-bond acceptors (Lipinski definition) is 3. The number of rotatable bonds is 2. The molecule has 1 aromatic rings. The molecule has 0 heterocycles. The molecule has 0 amide bonds. The topological polar surface area (TPSA) is 9.23 Å². The Morgan fingerprint density at radius 1 is 1.10 bits per heavy atom. The Morgan fingerprint density at radius 2 is 1.70 bits per heavy atom. The van der Waals surface area contributed by atoms with Gasteiger partial charge in [-0.2, -0.15) is 0 Å². The van der Waals surface area contributed by atoms with Crippen LogP contribution in [0.25, 0.3) is 0 Å². The molecule has 0 bridgehead atoms. The fourth-order valence-corrected chi connectivity index (χ4v) is 0.864. The lowest BCUT2D eigenvalue weighted by Crippen LogP contribution is -1.98. The van der Waals surface area contributed by atoms with Crippen LogP contribution in [0, 0.1) is 0 Å². The minimum Gasteiger partial charge on any atom is -0.470 e. The first-order valence-corrected chi connectivity index (χ1v) is 3.90. The van der Waals surface area contributed by atoms with Crippen LogP contribution < -0.4 is 4.74 Å². The molecule has 0 spiro atoms. The summed E-state index contributed by atoms with van der Waals surface area (Å²) < 4.78 is 4.80. The molecule has 54 valence electrons. The van der Waals surface area contributed by atoms with Crippen LogP contribution in [-0.4, -0.2) is 4.77 Å². The van der Waals surface area contributed by atoms with E-state index in [-0.39, 0.29) is 4.77 Å². The summed E-state index contributed by atoms with van der Waals surface area (Å²) in [7, 11) is 0. The predicted octanol–water partition coefficient (Wildman–Crippen LogP) is 2.21. The molecule has 0 N–H and O–H groups in total. The lowest BCUT2D eigenvalue weighted by Gasteiger charge is -2.06. The van der Waals surface area contributed by atoms with Crippen molar-refractivity contribution in [1.29, 1.82) is 0 Å². The van der Waals surface area contributed by atoms with E-state index in [4.69, 9.17) is 4.74 Å². The monoisotopic (exact) mass is 172 g/mol. The lowest BCUT2D eigenvalue weighted by molar-refractivity contribution is 0.369. The quantitative estimate of drug-likeness (QED) is 0.513. The Balaban J connectivity index is 2.59. The first kappa shape index (κ1) is 7.82. The Morgan fingerprint density at radius 3 is 2.20 bits per heavy atom. The van der Waals surface area contributed by atoms with Gasteiger partial charge in [-0.05, 0) is 12.1 Å². The highest BCUT2D eigenvalue weighted by Gasteiger charge is 1.94. The molecule has 0 unspecified atom stereocenters. The molecule has 1 nitrogen and oxygen atoms in total. The van der Waals surface area contributed by atoms with E-state index in [1.165, 1.54) is 0 Å². The number of hydrogen-bond donors (Lipinski definition) is 2. The average molecular weight is 172 g/mol. The zero-order valence-corrected chi connectivity index (χ0v) is 7.06. The molecular formula is C7H8OS2. The molecule has 3 heteroatoms. The lowest BCUT2D eigenvalue weighted by atomic mass is 10.3. The van der Waals surface area contributed by atoms with Crippen LogP contribution in [-0.2, 0) is 0 Å². The second-order valence-electron chi connectivity index (χ2n) is 1.76. The van der Waals surface area contributed by atoms with Crippen molar-refractivity contribution in [3.63, 3.8) is 0 Å². The van der Waals surface area contributed by atoms with Gasteiger partial charge in [0.2, 0.25) is 0 Å². The summed E-state index contributed by atoms with van der Waals surface area (Å²) in [6.45, 7) is 0. The summed E-state index contributed by atoms with van der Waals surface area (Å²) >= 11 is 7.90. The molecule has 1 rings (SSSR count). The van der Waals surface area contributed by atoms with Gasteiger partial charge in [0.15, 0.2) is 4.77 Å². The highest BCUT2D eigenvalue weighted by molar-refractivity contribution is 7.98. The van der Waals surface area contributed by atoms with Gasteiger partial charge >= 0.3 is 0 Å². The van der Waals surface area contributed by atoms with Gasteiger partial charge in [0.05, 0.1) is 0 Å². The van der Waals surface area contributed by atoms with Crippen LogP contribution >= 0.6 is 25.3 Å². The molecule has 0 aliphatic rings. The number of thiol groups is 2. The number of ether oxygens (including phenoxy) is 1. The maximum Gasteiger partial charge on any atom is 0.185 e. The predicted molar refractivity (Wildman–Crippen MR) is 48.8 cm³/mol. The Kier molecular flexibility index (Phi) is 2.96. The highest BCUT2D eigenvalue weighted by Crippen LogP contribution is 2.13. The fourth-order valence-electron chi connectivity index (χ4n) is 0.621. The normalized spacial score (nSPS) is 9.90. The third-order valence-corrected chi connectivity index (χ3v) is 1.20. The average Bonchev–Trinajstić information content (AvgIpc) is 1.88. The molecule has 0 saturated heterocycles. The first-order chi connectivity index (χ1) is 4.79. The largest absolute Gasteiger partial charge is 0.470 e. The zero-order valence-electron chi connectivity index (χ0n) is 5.27. The van der Waals surface area contributed by atoms with Gasteiger partial charge in [0.1, 0.15) is 5.75 Å². The van der Waals surface area contributed by atoms with Crippen LogP contribution in [0.4, 0.5) is 0 Å². The van der Waals surface area contributed by atoms with Crippen molar-refractivity contribution < 1.29 is 4.74 Å². The van der Waals surface area contributed by atoms with E-state index in [9.17, 15) is 0 Å². The van der Waals surface area contributed by atoms with Crippen molar-refractivity contribution in [3.8, 4) is 5.75 Å². The number of benzene rings is 1. The summed E-state index contributed by atoms with van der Waals surface area (Å²) in [6, 6.07) is 9.45. The fraction of sp³-hybridized carbons (Fsp3) is 0.143. The highest BCUT2D eigenvalue weighted by atomic mass is 32.2. The smallest absolute Gasteiger partial charge is 0.185 e. The Hall–Kier alpha value is -0.280. The molecule has 1 aromatic carbocycles. The molecule has 0 aliphatic carbocycles. The van der Waals surface area contributed by atoms with Gasteiger partial charge in [0, 0.05) is 0 Å². The molecule has 0 aromatic heterocycles. The van der Waals surface area contributed by atoms with Crippen molar-refractivity contribution in [3.05, 3.63) is 30.3 Å². The summed E-state index contributed by atoms with van der Waals surface area (Å²) in [5, 5.41) is 0. The van der Waals surface area contributed by atoms with Gasteiger partial charge < -0.3 is 4.74 Å². The number of para-hydroxylation sites is 1. The second kappa shape index (κ2) is 3.78. The molecular weight excluding hydrogens is 164 g/mol. The second-order valence-corrected chi connectivity index (χ2v) is 3.10. The maximum atomic E-state index is 5.14. The molecule has 0 fully saturated rings. The summed E-state index contributed by atoms with van der Waals surface area (Å²) in [4.78, 5) is 0. The van der Waals surface area contributed by atoms with Gasteiger partial charge in [-0.25, -0.2) is 0 Å². The van der Waals surface area contributed by atoms with Crippen LogP contribution in [0.3, 0.4) is 0 Å². The minimum atomic E-state index is -0.345. The molecule has 0 aliphatic heterocycles. The minimum absolute atomic E-state index is 0.345. The van der Waals surface area contributed by atoms with E-state index in [1.54, 1.807) is 0 Å². The Bertz CT molecular complexity index is 186. The van der Waals surface area contributed by atoms with E-state index < -0.39 is 0 Å². The van der Waals surface area contributed by atoms with Crippen molar-refractivity contribution >= 4 is 25.3 Å². The van der Waals surface area contributed by atoms with Gasteiger partial charge in [-0.1, -0.05) is 18.2 Å². The third kappa shape index (κ3) is 2.54. The van der Waals surface area contributed by atoms with Crippen molar-refractivity contribution in [2.75, 3.05) is 0 Å². The third-order valence-electron chi connectivity index (χ3n) is 0.985. The molecule has 0 saturated carbocycles.